The Bertz CT molecular complexity index is 92.3. The molecule has 0 saturated carbocycles. The molecule has 0 spiro atoms. The number of hydrogen-bond acceptors (Lipinski definition) is 1. The number of rotatable bonds is 4. The van der Waals surface area contributed by atoms with E-state index >= 15 is 0 Å². The average Bonchev–Trinajstić information content (AvgIpc) is 1.87. The van der Waals surface area contributed by atoms with Crippen molar-refractivity contribution < 1.29 is 4.74 Å². The van der Waals surface area contributed by atoms with Gasteiger partial charge in [0.1, 0.15) is 0 Å². The summed E-state index contributed by atoms with van der Waals surface area (Å²) in [6.45, 7) is 12.9. The summed E-state index contributed by atoms with van der Waals surface area (Å²) in [4.78, 5) is 0. The molecule has 0 amide bonds. The van der Waals surface area contributed by atoms with E-state index in [0.717, 1.165) is 13.2 Å². The third-order valence-corrected chi connectivity index (χ3v) is 2.24. The first-order valence-electron chi connectivity index (χ1n) is 4.60. The largest absolute Gasteiger partial charge is 0.381 e. The highest BCUT2D eigenvalue weighted by Gasteiger charge is 2.22. The molecule has 1 heteroatoms. The molecule has 0 N–H and O–H groups in total. The summed E-state index contributed by atoms with van der Waals surface area (Å²) in [5.41, 5.74) is 0.393. The molecule has 0 saturated heterocycles. The zero-order valence-electron chi connectivity index (χ0n) is 8.61. The van der Waals surface area contributed by atoms with Crippen LogP contribution in [0.1, 0.15) is 93.0 Å². The fraction of sp³-hybridized carbons (Fsp3) is 1.00. The molecule has 0 aromatic carbocycles. The fourth-order valence-corrected chi connectivity index (χ4v) is 1.24. The van der Waals surface area contributed by atoms with Gasteiger partial charge in [0.15, 0.2) is 0 Å². The molecule has 0 bridgehead atoms. The minimum atomic E-state index is 0. The van der Waals surface area contributed by atoms with Crippen LogP contribution in [0.5, 0.6) is 0 Å². The molecule has 0 aromatic rings. The van der Waals surface area contributed by atoms with E-state index in [9.17, 15) is 0 Å². The second-order valence-corrected chi connectivity index (χ2v) is 4.13. The highest BCUT2D eigenvalue weighted by atomic mass is 16.5. The molecular weight excluding hydrogens is 220 g/mol. The monoisotopic (exact) mass is 270 g/mol. The predicted molar refractivity (Wildman–Crippen MR) is 96.8 cm³/mol. The van der Waals surface area contributed by atoms with Crippen molar-refractivity contribution in [3.8, 4) is 0 Å². The van der Waals surface area contributed by atoms with Crippen LogP contribution in [-0.2, 0) is 4.74 Å². The summed E-state index contributed by atoms with van der Waals surface area (Å²) in [6, 6.07) is 0. The third kappa shape index (κ3) is 25.0. The van der Waals surface area contributed by atoms with Crippen LogP contribution in [0.25, 0.3) is 0 Å². The Kier molecular flexibility index (Phi) is 74.4. The molecule has 1 nitrogen and oxygen atoms in total. The molecule has 0 aliphatic heterocycles. The molecule has 0 aromatic heterocycles. The van der Waals surface area contributed by atoms with Crippen LogP contribution in [0.4, 0.5) is 0 Å². The normalized spacial score (nSPS) is 9.17. The van der Waals surface area contributed by atoms with E-state index < -0.39 is 0 Å². The average molecular weight is 271 g/mol. The lowest BCUT2D eigenvalue weighted by Crippen LogP contribution is -2.24. The summed E-state index contributed by atoms with van der Waals surface area (Å²) in [5, 5.41) is 0. The quantitative estimate of drug-likeness (QED) is 0.512. The van der Waals surface area contributed by atoms with Crippen molar-refractivity contribution in [3.63, 3.8) is 0 Å². The van der Waals surface area contributed by atoms with Gasteiger partial charge < -0.3 is 4.74 Å². The molecule has 0 radical (unpaired) electrons. The second kappa shape index (κ2) is 25.7. The van der Waals surface area contributed by atoms with Gasteiger partial charge in [-0.25, -0.2) is 0 Å². The van der Waals surface area contributed by atoms with Crippen molar-refractivity contribution in [2.75, 3.05) is 13.2 Å². The third-order valence-electron chi connectivity index (χ3n) is 2.24. The smallest absolute Gasteiger partial charge is 0.0499 e. The Labute approximate surface area is 123 Å². The van der Waals surface area contributed by atoms with Crippen LogP contribution in [-0.4, -0.2) is 13.2 Å². The SMILES string of the molecule is C.C.C.C.C.C.C.CCOCC(CC)C(C)(C)C. The first-order chi connectivity index (χ1) is 5.02. The lowest BCUT2D eigenvalue weighted by atomic mass is 9.80. The van der Waals surface area contributed by atoms with E-state index in [4.69, 9.17) is 4.74 Å². The van der Waals surface area contributed by atoms with E-state index in [2.05, 4.69) is 34.6 Å². The van der Waals surface area contributed by atoms with E-state index in [1.165, 1.54) is 6.42 Å². The summed E-state index contributed by atoms with van der Waals surface area (Å²) in [7, 11) is 0. The topological polar surface area (TPSA) is 9.23 Å². The van der Waals surface area contributed by atoms with Gasteiger partial charge in [0.05, 0.1) is 0 Å². The maximum Gasteiger partial charge on any atom is 0.0499 e. The first-order valence-corrected chi connectivity index (χ1v) is 4.60. The molecule has 0 fully saturated rings. The molecule has 1 atom stereocenters. The van der Waals surface area contributed by atoms with Crippen LogP contribution in [0.3, 0.4) is 0 Å². The summed E-state index contributed by atoms with van der Waals surface area (Å²) < 4.78 is 5.41. The number of ether oxygens (including phenoxy) is 1. The molecule has 0 heterocycles. The zero-order chi connectivity index (χ0) is 8.91. The van der Waals surface area contributed by atoms with Crippen LogP contribution < -0.4 is 0 Å². The molecule has 0 aliphatic carbocycles. The number of hydrogen-bond donors (Lipinski definition) is 0. The summed E-state index contributed by atoms with van der Waals surface area (Å²) in [6.07, 6.45) is 1.21. The van der Waals surface area contributed by atoms with Gasteiger partial charge in [-0.05, 0) is 18.3 Å². The van der Waals surface area contributed by atoms with Gasteiger partial charge >= 0.3 is 0 Å². The van der Waals surface area contributed by atoms with Crippen LogP contribution >= 0.6 is 0 Å². The molecule has 0 aliphatic rings. The minimum Gasteiger partial charge on any atom is -0.381 e. The maximum absolute atomic E-state index is 5.41. The van der Waals surface area contributed by atoms with Crippen molar-refractivity contribution >= 4 is 0 Å². The first kappa shape index (κ1) is 52.1. The Balaban J connectivity index is -0.0000000238. The van der Waals surface area contributed by atoms with Crippen molar-refractivity contribution in [2.45, 2.75) is 93.0 Å². The Morgan fingerprint density at radius 1 is 0.778 bits per heavy atom. The van der Waals surface area contributed by atoms with E-state index in [1.807, 2.05) is 0 Å². The van der Waals surface area contributed by atoms with Gasteiger partial charge in [-0.2, -0.15) is 0 Å². The summed E-state index contributed by atoms with van der Waals surface area (Å²) >= 11 is 0. The van der Waals surface area contributed by atoms with Crippen molar-refractivity contribution in [3.05, 3.63) is 0 Å². The van der Waals surface area contributed by atoms with Gasteiger partial charge in [-0.1, -0.05) is 86.1 Å². The van der Waals surface area contributed by atoms with E-state index in [0.29, 0.717) is 11.3 Å². The van der Waals surface area contributed by atoms with Crippen LogP contribution in [0, 0.1) is 11.3 Å². The van der Waals surface area contributed by atoms with Gasteiger partial charge in [-0.15, -0.1) is 0 Å². The Morgan fingerprint density at radius 3 is 1.28 bits per heavy atom. The lowest BCUT2D eigenvalue weighted by molar-refractivity contribution is 0.0607. The van der Waals surface area contributed by atoms with Gasteiger partial charge in [0.25, 0.3) is 0 Å². The van der Waals surface area contributed by atoms with Crippen LogP contribution in [0.15, 0.2) is 0 Å². The second-order valence-electron chi connectivity index (χ2n) is 4.13. The van der Waals surface area contributed by atoms with E-state index in [1.54, 1.807) is 0 Å². The Hall–Kier alpha value is -0.0400. The van der Waals surface area contributed by atoms with Crippen molar-refractivity contribution in [1.29, 1.82) is 0 Å². The standard InChI is InChI=1S/C10H22O.7CH4/c1-6-9(8-11-7-2)10(3,4)5;;;;;;;/h9H,6-8H2,1-5H3;7*1H4. The maximum atomic E-state index is 5.41. The van der Waals surface area contributed by atoms with Gasteiger partial charge in [0, 0.05) is 13.2 Å². The lowest BCUT2D eigenvalue weighted by Gasteiger charge is -2.29. The molecular formula is C17H50O. The van der Waals surface area contributed by atoms with Crippen molar-refractivity contribution in [1.82, 2.24) is 0 Å². The highest BCUT2D eigenvalue weighted by Crippen LogP contribution is 2.28. The van der Waals surface area contributed by atoms with Crippen LogP contribution in [0.2, 0.25) is 0 Å². The molecule has 124 valence electrons. The molecule has 18 heavy (non-hydrogen) atoms. The fourth-order valence-electron chi connectivity index (χ4n) is 1.24. The predicted octanol–water partition coefficient (Wildman–Crippen LogP) is 7.55. The highest BCUT2D eigenvalue weighted by molar-refractivity contribution is 4.71. The van der Waals surface area contributed by atoms with E-state index in [-0.39, 0.29) is 52.0 Å². The Morgan fingerprint density at radius 2 is 1.11 bits per heavy atom. The van der Waals surface area contributed by atoms with Gasteiger partial charge in [-0.3, -0.25) is 0 Å². The molecule has 0 rings (SSSR count). The zero-order valence-corrected chi connectivity index (χ0v) is 8.61. The molecule has 1 unspecified atom stereocenters. The summed E-state index contributed by atoms with van der Waals surface area (Å²) in [5.74, 6) is 0.697. The van der Waals surface area contributed by atoms with Crippen molar-refractivity contribution in [2.24, 2.45) is 11.3 Å². The minimum absolute atomic E-state index is 0. The van der Waals surface area contributed by atoms with Gasteiger partial charge in [0.2, 0.25) is 0 Å².